The van der Waals surface area contributed by atoms with Crippen molar-refractivity contribution in [1.29, 1.82) is 0 Å². The smallest absolute Gasteiger partial charge is 0.354 e. The van der Waals surface area contributed by atoms with E-state index in [1.807, 2.05) is 26.0 Å². The van der Waals surface area contributed by atoms with Crippen molar-refractivity contribution in [2.24, 2.45) is 0 Å². The molecule has 0 bridgehead atoms. The molecule has 0 spiro atoms. The van der Waals surface area contributed by atoms with Gasteiger partial charge >= 0.3 is 17.9 Å². The van der Waals surface area contributed by atoms with Gasteiger partial charge in [0, 0.05) is 34.5 Å². The number of rotatable bonds is 5. The molecule has 0 aliphatic heterocycles. The highest BCUT2D eigenvalue weighted by molar-refractivity contribution is 6.35. The molecule has 214 valence electrons. The van der Waals surface area contributed by atoms with Crippen molar-refractivity contribution in [2.45, 2.75) is 27.2 Å². The van der Waals surface area contributed by atoms with Crippen molar-refractivity contribution in [3.63, 3.8) is 0 Å². The fraction of sp³-hybridized carbons (Fsp3) is 0.226. The topological polar surface area (TPSA) is 112 Å². The highest BCUT2D eigenvalue weighted by Gasteiger charge is 2.15. The number of aryl methyl sites for hydroxylation is 2. The second-order valence-corrected chi connectivity index (χ2v) is 8.84. The Morgan fingerprint density at radius 1 is 0.976 bits per heavy atom. The average Bonchev–Trinajstić information content (AvgIpc) is 2.97. The van der Waals surface area contributed by atoms with E-state index in [-0.39, 0.29) is 23.1 Å². The van der Waals surface area contributed by atoms with Gasteiger partial charge in [-0.05, 0) is 55.4 Å². The molecule has 0 fully saturated rings. The Balaban J connectivity index is 0.000000354. The maximum Gasteiger partial charge on any atom is 0.354 e. The molecule has 0 radical (unpaired) electrons. The number of carbonyl (C=O) groups excluding carboxylic acids is 3. The van der Waals surface area contributed by atoms with Crippen molar-refractivity contribution < 1.29 is 28.6 Å². The second-order valence-electron chi connectivity index (χ2n) is 8.09. The van der Waals surface area contributed by atoms with Gasteiger partial charge in [-0.2, -0.15) is 0 Å². The summed E-state index contributed by atoms with van der Waals surface area (Å²) >= 11 is 12.3. The summed E-state index contributed by atoms with van der Waals surface area (Å²) < 4.78 is 13.7. The van der Waals surface area contributed by atoms with Crippen LogP contribution in [-0.2, 0) is 30.2 Å². The third-order valence-electron chi connectivity index (χ3n) is 5.33. The van der Waals surface area contributed by atoms with Crippen LogP contribution in [0.2, 0.25) is 10.0 Å². The Bertz CT molecular complexity index is 1620. The Kier molecular flexibility index (Phi) is 14.5. The summed E-state index contributed by atoms with van der Waals surface area (Å²) in [6.07, 6.45) is 6.04. The molecule has 0 aliphatic carbocycles. The fourth-order valence-electron chi connectivity index (χ4n) is 3.24. The van der Waals surface area contributed by atoms with Crippen molar-refractivity contribution in [2.75, 3.05) is 21.3 Å². The van der Waals surface area contributed by atoms with Crippen molar-refractivity contribution in [3.8, 4) is 24.2 Å². The number of aromatic nitrogens is 1. The van der Waals surface area contributed by atoms with E-state index < -0.39 is 17.9 Å². The highest BCUT2D eigenvalue weighted by Crippen LogP contribution is 2.24. The predicted molar refractivity (Wildman–Crippen MR) is 160 cm³/mol. The van der Waals surface area contributed by atoms with Gasteiger partial charge in [-0.15, -0.1) is 6.42 Å². The van der Waals surface area contributed by atoms with E-state index in [0.717, 1.165) is 22.8 Å². The van der Waals surface area contributed by atoms with Crippen molar-refractivity contribution in [3.05, 3.63) is 90.7 Å². The standard InChI is InChI=1S/C14H15ClO4.C12H10ClNO3.C5H4/c1-9-5-4-6-10(13(9)15)7-11(14(17)19-3)8-12(16)18-2;1-6-3-4-7-9(15)5-8(12(16)17-2)14-11(7)10(6)13;1-3-5-4-2/h4-6,8H,7H2,1-3H3;3-5H,1-2H3,(H,14,15);1H,2H3/b11-8-;;. The minimum absolute atomic E-state index is 0.0949. The number of fused-ring (bicyclic) bond motifs is 1. The average molecular weight is 598 g/mol. The van der Waals surface area contributed by atoms with Crippen LogP contribution in [0.15, 0.2) is 52.8 Å². The molecule has 0 saturated heterocycles. The molecule has 0 amide bonds. The third-order valence-corrected chi connectivity index (χ3v) is 6.36. The highest BCUT2D eigenvalue weighted by atomic mass is 35.5. The van der Waals surface area contributed by atoms with E-state index in [0.29, 0.717) is 20.9 Å². The lowest BCUT2D eigenvalue weighted by Crippen LogP contribution is -2.11. The van der Waals surface area contributed by atoms with Gasteiger partial charge in [0.05, 0.1) is 31.9 Å². The number of hydrogen-bond donors (Lipinski definition) is 1. The summed E-state index contributed by atoms with van der Waals surface area (Å²) in [5, 5.41) is 1.46. The number of methoxy groups -OCH3 is 3. The molecule has 1 aromatic heterocycles. The van der Waals surface area contributed by atoms with E-state index in [1.165, 1.54) is 27.4 Å². The number of aromatic amines is 1. The van der Waals surface area contributed by atoms with Gasteiger partial charge in [-0.1, -0.05) is 53.4 Å². The number of benzene rings is 2. The third kappa shape index (κ3) is 10.2. The summed E-state index contributed by atoms with van der Waals surface area (Å²) in [5.74, 6) is 5.29. The van der Waals surface area contributed by atoms with Gasteiger partial charge in [0.15, 0.2) is 5.43 Å². The number of ether oxygens (including phenoxy) is 3. The minimum Gasteiger partial charge on any atom is -0.466 e. The molecule has 3 rings (SSSR count). The van der Waals surface area contributed by atoms with Gasteiger partial charge in [0.1, 0.15) is 5.69 Å². The van der Waals surface area contributed by atoms with E-state index in [9.17, 15) is 19.2 Å². The number of hydrogen-bond acceptors (Lipinski definition) is 7. The molecule has 3 aromatic rings. The van der Waals surface area contributed by atoms with Crippen LogP contribution in [0.4, 0.5) is 0 Å². The molecule has 0 saturated carbocycles. The van der Waals surface area contributed by atoms with Gasteiger partial charge in [0.25, 0.3) is 0 Å². The number of halogens is 2. The van der Waals surface area contributed by atoms with Crippen LogP contribution < -0.4 is 5.43 Å². The van der Waals surface area contributed by atoms with E-state index in [1.54, 1.807) is 25.1 Å². The number of terminal acetylenes is 1. The first-order chi connectivity index (χ1) is 19.4. The van der Waals surface area contributed by atoms with Crippen LogP contribution in [-0.4, -0.2) is 44.2 Å². The molecular weight excluding hydrogens is 569 g/mol. The fourth-order valence-corrected chi connectivity index (χ4v) is 3.65. The molecule has 8 nitrogen and oxygen atoms in total. The van der Waals surface area contributed by atoms with Crippen LogP contribution in [0.3, 0.4) is 0 Å². The zero-order valence-corrected chi connectivity index (χ0v) is 25.0. The summed E-state index contributed by atoms with van der Waals surface area (Å²) in [6.45, 7) is 5.40. The molecule has 41 heavy (non-hydrogen) atoms. The second kappa shape index (κ2) is 17.2. The number of esters is 3. The summed E-state index contributed by atoms with van der Waals surface area (Å²) in [4.78, 5) is 48.9. The number of H-pyrrole nitrogens is 1. The lowest BCUT2D eigenvalue weighted by atomic mass is 10.0. The molecule has 10 heteroatoms. The Labute approximate surface area is 248 Å². The number of nitrogens with one attached hydrogen (secondary N) is 1. The molecule has 1 heterocycles. The van der Waals surface area contributed by atoms with Crippen molar-refractivity contribution >= 4 is 52.0 Å². The van der Waals surface area contributed by atoms with E-state index >= 15 is 0 Å². The quantitative estimate of drug-likeness (QED) is 0.182. The molecule has 1 N–H and O–H groups in total. The molecule has 2 aromatic carbocycles. The SMILES string of the molecule is C#CC#CC.COC(=O)/C=C(/Cc1cccc(C)c1Cl)C(=O)OC.COC(=O)c1cc(=O)c2ccc(C)c(Cl)c2[nH]1. The zero-order valence-electron chi connectivity index (χ0n) is 23.4. The van der Waals surface area contributed by atoms with Gasteiger partial charge in [-0.3, -0.25) is 4.79 Å². The predicted octanol–water partition coefficient (Wildman–Crippen LogP) is 5.38. The van der Waals surface area contributed by atoms with E-state index in [2.05, 4.69) is 37.0 Å². The monoisotopic (exact) mass is 597 g/mol. The van der Waals surface area contributed by atoms with Gasteiger partial charge < -0.3 is 19.2 Å². The van der Waals surface area contributed by atoms with E-state index in [4.69, 9.17) is 29.6 Å². The zero-order chi connectivity index (χ0) is 31.1. The Hall–Kier alpha value is -4.50. The largest absolute Gasteiger partial charge is 0.466 e. The lowest BCUT2D eigenvalue weighted by molar-refractivity contribution is -0.138. The maximum absolute atomic E-state index is 11.8. The summed E-state index contributed by atoms with van der Waals surface area (Å²) in [7, 11) is 3.75. The van der Waals surface area contributed by atoms with Crippen LogP contribution in [0.1, 0.15) is 34.1 Å². The van der Waals surface area contributed by atoms with Gasteiger partial charge in [-0.25, -0.2) is 14.4 Å². The molecule has 0 atom stereocenters. The molecule has 0 aliphatic rings. The summed E-state index contributed by atoms with van der Waals surface area (Å²) in [6, 6.07) is 10.1. The van der Waals surface area contributed by atoms with Crippen LogP contribution in [0.5, 0.6) is 0 Å². The minimum atomic E-state index is -0.607. The van der Waals surface area contributed by atoms with Crippen molar-refractivity contribution in [1.82, 2.24) is 4.98 Å². The molecular formula is C31H29Cl2NO7. The number of pyridine rings is 1. The van der Waals surface area contributed by atoms with Crippen LogP contribution >= 0.6 is 23.2 Å². The van der Waals surface area contributed by atoms with Crippen LogP contribution in [0, 0.1) is 38.0 Å². The maximum atomic E-state index is 11.8. The first kappa shape index (κ1) is 34.5. The Morgan fingerprint density at radius 2 is 1.63 bits per heavy atom. The first-order valence-corrected chi connectivity index (χ1v) is 12.6. The van der Waals surface area contributed by atoms with Gasteiger partial charge in [0.2, 0.25) is 0 Å². The Morgan fingerprint density at radius 3 is 2.17 bits per heavy atom. The lowest BCUT2D eigenvalue weighted by Gasteiger charge is -2.08. The number of carbonyl (C=O) groups is 3. The first-order valence-electron chi connectivity index (χ1n) is 11.8. The van der Waals surface area contributed by atoms with Crippen LogP contribution in [0.25, 0.3) is 10.9 Å². The molecule has 0 unspecified atom stereocenters. The normalized spacial score (nSPS) is 9.88. The summed E-state index contributed by atoms with van der Waals surface area (Å²) in [5.41, 5.74) is 2.97.